The van der Waals surface area contributed by atoms with Crippen LogP contribution in [0.15, 0.2) is 46.9 Å². The van der Waals surface area contributed by atoms with Gasteiger partial charge in [0.15, 0.2) is 5.76 Å². The van der Waals surface area contributed by atoms with Crippen LogP contribution in [0.5, 0.6) is 5.75 Å². The summed E-state index contributed by atoms with van der Waals surface area (Å²) in [5, 5.41) is 15.3. The van der Waals surface area contributed by atoms with E-state index >= 15 is 0 Å². The van der Waals surface area contributed by atoms with Crippen LogP contribution in [0.1, 0.15) is 59.4 Å². The number of methoxy groups -OCH3 is 1. The maximum Gasteiger partial charge on any atom is 0.287 e. The maximum absolute atomic E-state index is 14.0. The molecule has 0 spiro atoms. The average molecular weight is 537 g/mol. The van der Waals surface area contributed by atoms with Gasteiger partial charge in [-0.15, -0.1) is 0 Å². The first-order valence-electron chi connectivity index (χ1n) is 12.4. The molecule has 0 aliphatic heterocycles. The summed E-state index contributed by atoms with van der Waals surface area (Å²) >= 11 is 0. The Kier molecular flexibility index (Phi) is 6.29. The van der Waals surface area contributed by atoms with Gasteiger partial charge in [-0.1, -0.05) is 18.2 Å². The lowest BCUT2D eigenvalue weighted by Crippen LogP contribution is -2.62. The fourth-order valence-electron chi connectivity index (χ4n) is 4.85. The van der Waals surface area contributed by atoms with Gasteiger partial charge in [-0.3, -0.25) is 14.4 Å². The number of alkyl halides is 2. The second kappa shape index (κ2) is 9.38. The number of nitrogens with zero attached hydrogens (tertiary/aromatic N) is 1. The normalized spacial score (nSPS) is 18.5. The predicted octanol–water partition coefficient (Wildman–Crippen LogP) is 4.06. The molecule has 0 bridgehead atoms. The third-order valence-corrected chi connectivity index (χ3v) is 7.48. The summed E-state index contributed by atoms with van der Waals surface area (Å²) in [4.78, 5) is 38.1. The number of rotatable bonds is 7. The number of furan rings is 1. The first-order valence-corrected chi connectivity index (χ1v) is 12.4. The van der Waals surface area contributed by atoms with Crippen molar-refractivity contribution >= 4 is 28.7 Å². The number of amides is 3. The molecule has 0 radical (unpaired) electrons. The molecule has 1 heterocycles. The van der Waals surface area contributed by atoms with Gasteiger partial charge >= 0.3 is 0 Å². The minimum Gasteiger partial charge on any atom is -0.496 e. The summed E-state index contributed by atoms with van der Waals surface area (Å²) in [5.41, 5.74) is 4.83. The monoisotopic (exact) mass is 536 g/mol. The fourth-order valence-corrected chi connectivity index (χ4v) is 4.85. The highest BCUT2D eigenvalue weighted by atomic mass is 19.3. The first-order chi connectivity index (χ1) is 18.5. The minimum atomic E-state index is -2.94. The van der Waals surface area contributed by atoms with Crippen molar-refractivity contribution in [3.8, 4) is 22.9 Å². The average Bonchev–Trinajstić information content (AvgIpc) is 3.56. The number of hydrogen-bond acceptors (Lipinski definition) is 6. The Balaban J connectivity index is 1.41. The Morgan fingerprint density at radius 3 is 2.26 bits per heavy atom. The number of carbonyl (C=O) groups is 3. The SMILES string of the molecule is COc1cc(-c2ccc3cc(C(=O)NC4(C(=O)NC5(C#N)CC5)CCC(F)(F)CC4)oc3c2)ccc1C(N)=O. The lowest BCUT2D eigenvalue weighted by molar-refractivity contribution is -0.133. The second-order valence-corrected chi connectivity index (χ2v) is 10.2. The van der Waals surface area contributed by atoms with Gasteiger partial charge in [0.25, 0.3) is 11.8 Å². The Morgan fingerprint density at radius 1 is 0.974 bits per heavy atom. The van der Waals surface area contributed by atoms with E-state index in [1.54, 1.807) is 36.4 Å². The number of carbonyl (C=O) groups excluding carboxylic acids is 3. The Labute approximate surface area is 222 Å². The smallest absolute Gasteiger partial charge is 0.287 e. The molecule has 3 amide bonds. The van der Waals surface area contributed by atoms with Crippen molar-refractivity contribution in [2.75, 3.05) is 7.11 Å². The summed E-state index contributed by atoms with van der Waals surface area (Å²) in [6, 6.07) is 13.7. The van der Waals surface area contributed by atoms with Gasteiger partial charge in [0.05, 0.1) is 18.7 Å². The molecule has 2 aliphatic rings. The van der Waals surface area contributed by atoms with Gasteiger partial charge in [0.2, 0.25) is 11.8 Å². The molecule has 9 nitrogen and oxygen atoms in total. The third-order valence-electron chi connectivity index (χ3n) is 7.48. The summed E-state index contributed by atoms with van der Waals surface area (Å²) in [6.07, 6.45) is -0.737. The molecule has 2 saturated carbocycles. The van der Waals surface area contributed by atoms with E-state index in [4.69, 9.17) is 14.9 Å². The Hall–Kier alpha value is -4.46. The number of benzene rings is 2. The topological polar surface area (TPSA) is 147 Å². The van der Waals surface area contributed by atoms with E-state index in [2.05, 4.69) is 16.7 Å². The molecule has 5 rings (SSSR count). The van der Waals surface area contributed by atoms with Crippen molar-refractivity contribution in [1.29, 1.82) is 5.26 Å². The third kappa shape index (κ3) is 5.02. The van der Waals surface area contributed by atoms with Crippen molar-refractivity contribution < 1.29 is 32.3 Å². The van der Waals surface area contributed by atoms with E-state index in [1.165, 1.54) is 13.2 Å². The fraction of sp³-hybridized carbons (Fsp3) is 0.357. The van der Waals surface area contributed by atoms with Gasteiger partial charge in [0.1, 0.15) is 22.4 Å². The number of halogens is 2. The van der Waals surface area contributed by atoms with Crippen LogP contribution >= 0.6 is 0 Å². The van der Waals surface area contributed by atoms with Crippen molar-refractivity contribution in [3.63, 3.8) is 0 Å². The molecule has 0 saturated heterocycles. The molecule has 11 heteroatoms. The molecular weight excluding hydrogens is 510 g/mol. The Morgan fingerprint density at radius 2 is 1.64 bits per heavy atom. The van der Waals surface area contributed by atoms with Gasteiger partial charge in [-0.25, -0.2) is 8.78 Å². The quantitative estimate of drug-likeness (QED) is 0.415. The highest BCUT2D eigenvalue weighted by molar-refractivity contribution is 6.01. The van der Waals surface area contributed by atoms with Crippen molar-refractivity contribution in [1.82, 2.24) is 10.6 Å². The van der Waals surface area contributed by atoms with Crippen molar-refractivity contribution in [3.05, 3.63) is 53.8 Å². The molecule has 1 aromatic heterocycles. The highest BCUT2D eigenvalue weighted by Gasteiger charge is 2.53. The van der Waals surface area contributed by atoms with Crippen LogP contribution in [0.25, 0.3) is 22.1 Å². The second-order valence-electron chi connectivity index (χ2n) is 10.2. The predicted molar refractivity (Wildman–Crippen MR) is 136 cm³/mol. The van der Waals surface area contributed by atoms with E-state index in [0.29, 0.717) is 35.1 Å². The molecule has 0 unspecified atom stereocenters. The van der Waals surface area contributed by atoms with E-state index in [0.717, 1.165) is 5.56 Å². The number of primary amides is 1. The van der Waals surface area contributed by atoms with Crippen LogP contribution in [0, 0.1) is 11.3 Å². The number of hydrogen-bond donors (Lipinski definition) is 3. The molecule has 2 aliphatic carbocycles. The van der Waals surface area contributed by atoms with E-state index in [-0.39, 0.29) is 24.2 Å². The maximum atomic E-state index is 14.0. The van der Waals surface area contributed by atoms with E-state index in [9.17, 15) is 28.4 Å². The van der Waals surface area contributed by atoms with Gasteiger partial charge in [0, 0.05) is 18.2 Å². The molecule has 4 N–H and O–H groups in total. The van der Waals surface area contributed by atoms with Crippen LogP contribution in [-0.2, 0) is 4.79 Å². The molecular formula is C28H26F2N4O5. The summed E-state index contributed by atoms with van der Waals surface area (Å²) in [6.45, 7) is 0. The van der Waals surface area contributed by atoms with Crippen LogP contribution in [0.4, 0.5) is 8.78 Å². The summed E-state index contributed by atoms with van der Waals surface area (Å²) in [7, 11) is 1.43. The van der Waals surface area contributed by atoms with E-state index < -0.39 is 47.6 Å². The summed E-state index contributed by atoms with van der Waals surface area (Å²) in [5.74, 6) is -4.70. The first kappa shape index (κ1) is 26.2. The number of fused-ring (bicyclic) bond motifs is 1. The molecule has 0 atom stereocenters. The standard InChI is InChI=1S/C28H26F2N4O5/c1-38-21-13-17(4-5-19(21)23(32)35)16-2-3-18-14-22(39-20(18)12-16)24(36)33-27(8-10-28(29,30)11-9-27)25(37)34-26(15-31)6-7-26/h2-5,12-14H,6-11H2,1H3,(H2,32,35)(H,33,36)(H,34,37). The van der Waals surface area contributed by atoms with E-state index in [1.807, 2.05) is 0 Å². The number of nitriles is 1. The Bertz CT molecular complexity index is 1530. The highest BCUT2D eigenvalue weighted by Crippen LogP contribution is 2.41. The zero-order chi connectivity index (χ0) is 28.0. The number of nitrogens with one attached hydrogen (secondary N) is 2. The lowest BCUT2D eigenvalue weighted by Gasteiger charge is -2.39. The van der Waals surface area contributed by atoms with Crippen LogP contribution in [0.3, 0.4) is 0 Å². The molecule has 3 aromatic rings. The number of nitrogens with two attached hydrogens (primary N) is 1. The van der Waals surface area contributed by atoms with Crippen LogP contribution in [0.2, 0.25) is 0 Å². The van der Waals surface area contributed by atoms with Crippen LogP contribution < -0.4 is 21.1 Å². The van der Waals surface area contributed by atoms with Gasteiger partial charge in [-0.2, -0.15) is 5.26 Å². The zero-order valence-corrected chi connectivity index (χ0v) is 21.1. The van der Waals surface area contributed by atoms with Crippen molar-refractivity contribution in [2.24, 2.45) is 5.73 Å². The molecule has 202 valence electrons. The minimum absolute atomic E-state index is 0.0882. The van der Waals surface area contributed by atoms with Gasteiger partial charge < -0.3 is 25.5 Å². The largest absolute Gasteiger partial charge is 0.496 e. The summed E-state index contributed by atoms with van der Waals surface area (Å²) < 4.78 is 39.0. The molecule has 39 heavy (non-hydrogen) atoms. The van der Waals surface area contributed by atoms with Crippen LogP contribution in [-0.4, -0.2) is 41.8 Å². The molecule has 2 fully saturated rings. The lowest BCUT2D eigenvalue weighted by atomic mass is 9.78. The molecule has 2 aromatic carbocycles. The zero-order valence-electron chi connectivity index (χ0n) is 21.1. The van der Waals surface area contributed by atoms with Crippen molar-refractivity contribution in [2.45, 2.75) is 55.5 Å². The van der Waals surface area contributed by atoms with Gasteiger partial charge in [-0.05, 0) is 61.1 Å². The number of ether oxygens (including phenoxy) is 1.